The second-order valence-corrected chi connectivity index (χ2v) is 65.6. The van der Waals surface area contributed by atoms with Gasteiger partial charge in [0.05, 0.1) is 0 Å². The van der Waals surface area contributed by atoms with Crippen molar-refractivity contribution in [1.82, 2.24) is 0 Å². The van der Waals surface area contributed by atoms with E-state index in [0.717, 1.165) is 0 Å². The Balaban J connectivity index is 2.07. The predicted molar refractivity (Wildman–Crippen MR) is 153 cm³/mol. The molecule has 0 N–H and O–H groups in total. The first-order valence-corrected chi connectivity index (χ1v) is 34.5. The predicted octanol–water partition coefficient (Wildman–Crippen LogP) is 10.2. The summed E-state index contributed by atoms with van der Waals surface area (Å²) in [5.74, 6) is -0.988. The van der Waals surface area contributed by atoms with Crippen LogP contribution in [0.5, 0.6) is 0 Å². The van der Waals surface area contributed by atoms with Crippen LogP contribution in [0, 0.1) is 0 Å². The SMILES string of the molecule is CCCC1=C(CC)[CH]([Hf]([CH3])([CH3])([CH]2C(CC)=C(CCC)c3ccccc32)[SiH](C)C)c2ccccc21. The van der Waals surface area contributed by atoms with Crippen LogP contribution in [0.25, 0.3) is 11.1 Å². The van der Waals surface area contributed by atoms with Gasteiger partial charge in [0.25, 0.3) is 0 Å². The van der Waals surface area contributed by atoms with E-state index in [1.54, 1.807) is 33.4 Å². The molecule has 0 saturated heterocycles. The van der Waals surface area contributed by atoms with Crippen molar-refractivity contribution >= 4 is 17.1 Å². The van der Waals surface area contributed by atoms with Gasteiger partial charge in [-0.3, -0.25) is 0 Å². The first-order valence-electron chi connectivity index (χ1n) is 14.1. The maximum absolute atomic E-state index is 3.65. The zero-order chi connectivity index (χ0) is 24.7. The molecule has 0 saturated carbocycles. The Hall–Kier alpha value is -0.993. The average molecular weight is 638 g/mol. The summed E-state index contributed by atoms with van der Waals surface area (Å²) in [6.07, 6.45) is 7.39. The molecule has 2 aromatic carbocycles. The molecule has 0 bridgehead atoms. The summed E-state index contributed by atoms with van der Waals surface area (Å²) in [5.41, 5.74) is 13.7. The molecule has 0 spiro atoms. The van der Waals surface area contributed by atoms with E-state index in [4.69, 9.17) is 0 Å². The van der Waals surface area contributed by atoms with E-state index in [1.807, 2.05) is 11.1 Å². The van der Waals surface area contributed by atoms with Crippen LogP contribution in [0.2, 0.25) is 22.5 Å². The second-order valence-electron chi connectivity index (χ2n) is 12.1. The van der Waals surface area contributed by atoms with E-state index in [1.165, 1.54) is 38.5 Å². The third-order valence-electron chi connectivity index (χ3n) is 10.1. The molecule has 2 heteroatoms. The molecule has 0 amide bonds. The summed E-state index contributed by atoms with van der Waals surface area (Å²) < 4.78 is 7.30. The van der Waals surface area contributed by atoms with Gasteiger partial charge in [-0.25, -0.2) is 0 Å². The van der Waals surface area contributed by atoms with E-state index < -0.39 is 23.7 Å². The Bertz CT molecular complexity index is 1050. The van der Waals surface area contributed by atoms with Crippen molar-refractivity contribution in [2.45, 2.75) is 96.0 Å². The minimum absolute atomic E-state index is 0.715. The fourth-order valence-corrected chi connectivity index (χ4v) is 50.6. The molecule has 2 unspecified atom stereocenters. The van der Waals surface area contributed by atoms with Crippen molar-refractivity contribution in [3.8, 4) is 0 Å². The normalized spacial score (nSPS) is 21.1. The molecular weight excluding hydrogens is 591 g/mol. The molecule has 2 atom stereocenters. The topological polar surface area (TPSA) is 0 Å². The van der Waals surface area contributed by atoms with Crippen molar-refractivity contribution < 1.29 is 17.7 Å². The number of hydrogen-bond donors (Lipinski definition) is 0. The van der Waals surface area contributed by atoms with Crippen molar-refractivity contribution in [3.63, 3.8) is 0 Å². The number of hydrogen-bond acceptors (Lipinski definition) is 0. The van der Waals surface area contributed by atoms with Crippen molar-refractivity contribution in [2.24, 2.45) is 0 Å². The van der Waals surface area contributed by atoms with Crippen LogP contribution in [0.15, 0.2) is 59.7 Å². The van der Waals surface area contributed by atoms with Crippen molar-refractivity contribution in [2.75, 3.05) is 0 Å². The van der Waals surface area contributed by atoms with E-state index in [9.17, 15) is 0 Å². The Morgan fingerprint density at radius 2 is 1.03 bits per heavy atom. The number of allylic oxidation sites excluding steroid dienone is 4. The van der Waals surface area contributed by atoms with E-state index in [0.29, 0.717) is 7.35 Å². The summed E-state index contributed by atoms with van der Waals surface area (Å²) >= 11 is -3.65. The van der Waals surface area contributed by atoms with E-state index in [-0.39, 0.29) is 0 Å². The van der Waals surface area contributed by atoms with Gasteiger partial charge in [0.2, 0.25) is 0 Å². The van der Waals surface area contributed by atoms with Gasteiger partial charge in [-0.2, -0.15) is 0 Å². The molecule has 2 aliphatic carbocycles. The molecule has 0 aromatic heterocycles. The van der Waals surface area contributed by atoms with Gasteiger partial charge in [0, 0.05) is 0 Å². The quantitative estimate of drug-likeness (QED) is 0.240. The second kappa shape index (κ2) is 9.81. The van der Waals surface area contributed by atoms with Crippen LogP contribution in [0.3, 0.4) is 0 Å². The monoisotopic (exact) mass is 639 g/mol. The van der Waals surface area contributed by atoms with E-state index in [2.05, 4.69) is 98.7 Å². The summed E-state index contributed by atoms with van der Waals surface area (Å²) in [7, 11) is 0. The molecule has 183 valence electrons. The van der Waals surface area contributed by atoms with Gasteiger partial charge in [0.15, 0.2) is 0 Å². The number of fused-ring (bicyclic) bond motifs is 2. The number of benzene rings is 2. The Kier molecular flexibility index (Phi) is 7.53. The molecule has 2 aliphatic rings. The molecule has 4 rings (SSSR count). The summed E-state index contributed by atoms with van der Waals surface area (Å²) in [6, 6.07) is 19.2. The standard InChI is InChI=1S/2C14H17.C2H7Si.2CH3.Hf/c2*1-3-7-13-11(4-2)10-12-8-5-6-9-14(12)13;1-3-2;;;/h2*5-6,8-10H,3-4,7H2,1-2H3;3H,1-2H3;2*1H3;. The molecule has 0 heterocycles. The Morgan fingerprint density at radius 3 is 1.35 bits per heavy atom. The fraction of sp³-hybridized carbons (Fsp3) is 0.500. The van der Waals surface area contributed by atoms with Gasteiger partial charge < -0.3 is 0 Å². The molecular formula is C32H47HfSi. The van der Waals surface area contributed by atoms with Gasteiger partial charge >= 0.3 is 213 Å². The maximum atomic E-state index is 2.94. The van der Waals surface area contributed by atoms with Gasteiger partial charge in [0.1, 0.15) is 0 Å². The molecule has 0 fully saturated rings. The molecule has 2 aromatic rings. The van der Waals surface area contributed by atoms with Crippen LogP contribution in [-0.2, 0) is 17.7 Å². The van der Waals surface area contributed by atoms with Crippen molar-refractivity contribution in [1.29, 1.82) is 0 Å². The first-order chi connectivity index (χ1) is 16.3. The average Bonchev–Trinajstić information content (AvgIpc) is 3.33. The van der Waals surface area contributed by atoms with Crippen molar-refractivity contribution in [3.05, 3.63) is 81.9 Å². The summed E-state index contributed by atoms with van der Waals surface area (Å²) in [6.45, 7) is 15.1. The first kappa shape index (κ1) is 26.1. The minimum atomic E-state index is -3.65. The van der Waals surface area contributed by atoms with Gasteiger partial charge in [-0.1, -0.05) is 0 Å². The van der Waals surface area contributed by atoms with E-state index >= 15 is 0 Å². The summed E-state index contributed by atoms with van der Waals surface area (Å²) in [5, 5.41) is 0. The zero-order valence-electron chi connectivity index (χ0n) is 23.1. The van der Waals surface area contributed by atoms with Crippen LogP contribution in [-0.4, -0.2) is 5.98 Å². The molecule has 34 heavy (non-hydrogen) atoms. The van der Waals surface area contributed by atoms with Crippen LogP contribution >= 0.6 is 0 Å². The third-order valence-corrected chi connectivity index (χ3v) is 76.3. The molecule has 0 aliphatic heterocycles. The Morgan fingerprint density at radius 1 is 0.647 bits per heavy atom. The summed E-state index contributed by atoms with van der Waals surface area (Å²) in [4.78, 5) is 0. The fourth-order valence-electron chi connectivity index (χ4n) is 7.96. The molecule has 0 nitrogen and oxygen atoms in total. The zero-order valence-corrected chi connectivity index (χ0v) is 27.8. The third kappa shape index (κ3) is 3.69. The van der Waals surface area contributed by atoms with Gasteiger partial charge in [-0.15, -0.1) is 0 Å². The Labute approximate surface area is 211 Å². The van der Waals surface area contributed by atoms with Gasteiger partial charge in [-0.05, 0) is 0 Å². The van der Waals surface area contributed by atoms with Crippen LogP contribution < -0.4 is 0 Å². The van der Waals surface area contributed by atoms with Crippen LogP contribution in [0.1, 0.15) is 95.8 Å². The number of rotatable bonds is 9. The molecule has 0 radical (unpaired) electrons. The van der Waals surface area contributed by atoms with Crippen LogP contribution in [0.4, 0.5) is 0 Å².